The Kier molecular flexibility index (Phi) is 5.74. The maximum absolute atomic E-state index is 11.7. The summed E-state index contributed by atoms with van der Waals surface area (Å²) in [6.45, 7) is 3.78. The Hall–Kier alpha value is -1.46. The van der Waals surface area contributed by atoms with E-state index in [1.54, 1.807) is 0 Å². The zero-order valence-corrected chi connectivity index (χ0v) is 11.1. The maximum Gasteiger partial charge on any atom is 0.315 e. The normalized spacial score (nSPS) is 19.6. The van der Waals surface area contributed by atoms with E-state index >= 15 is 0 Å². The molecule has 1 unspecified atom stereocenters. The Balaban J connectivity index is 2.63. The second kappa shape index (κ2) is 7.08. The molecule has 1 saturated carbocycles. The van der Waals surface area contributed by atoms with Crippen molar-refractivity contribution in [2.75, 3.05) is 0 Å². The monoisotopic (exact) mass is 256 g/mol. The zero-order chi connectivity index (χ0) is 13.5. The number of rotatable bonds is 4. The minimum atomic E-state index is -0.381. The second-order valence-corrected chi connectivity index (χ2v) is 5.17. The second-order valence-electron chi connectivity index (χ2n) is 5.17. The van der Waals surface area contributed by atoms with E-state index in [4.69, 9.17) is 10.9 Å². The molecule has 6 heteroatoms. The third-order valence-electron chi connectivity index (χ3n) is 3.26. The van der Waals surface area contributed by atoms with Crippen molar-refractivity contribution in [3.05, 3.63) is 0 Å². The minimum Gasteiger partial charge on any atom is -0.409 e. The first kappa shape index (κ1) is 14.6. The molecule has 2 amide bonds. The van der Waals surface area contributed by atoms with E-state index in [0.717, 1.165) is 25.7 Å². The van der Waals surface area contributed by atoms with Gasteiger partial charge in [-0.3, -0.25) is 0 Å². The third kappa shape index (κ3) is 4.43. The molecule has 0 aromatic rings. The number of hydrogen-bond acceptors (Lipinski definition) is 3. The lowest BCUT2D eigenvalue weighted by Gasteiger charge is -2.30. The van der Waals surface area contributed by atoms with Crippen LogP contribution >= 0.6 is 0 Å². The van der Waals surface area contributed by atoms with Crippen LogP contribution in [-0.4, -0.2) is 29.2 Å². The molecule has 1 rings (SSSR count). The van der Waals surface area contributed by atoms with Gasteiger partial charge in [0.1, 0.15) is 0 Å². The van der Waals surface area contributed by atoms with Crippen LogP contribution in [0.25, 0.3) is 0 Å². The molecule has 1 atom stereocenters. The van der Waals surface area contributed by atoms with Crippen LogP contribution < -0.4 is 16.4 Å². The molecule has 1 aliphatic rings. The number of nitrogens with two attached hydrogens (primary N) is 1. The highest BCUT2D eigenvalue weighted by Gasteiger charge is 2.28. The van der Waals surface area contributed by atoms with Crippen LogP contribution in [0.5, 0.6) is 0 Å². The molecule has 0 aromatic heterocycles. The number of nitrogens with zero attached hydrogens (tertiary/aromatic N) is 1. The Labute approximate surface area is 108 Å². The molecule has 104 valence electrons. The number of oxime groups is 1. The Morgan fingerprint density at radius 3 is 2.39 bits per heavy atom. The van der Waals surface area contributed by atoms with E-state index in [1.165, 1.54) is 6.42 Å². The fourth-order valence-corrected chi connectivity index (χ4v) is 2.41. The molecule has 0 aromatic carbocycles. The van der Waals surface area contributed by atoms with Crippen LogP contribution in [0, 0.1) is 5.92 Å². The standard InChI is InChI=1S/C12H24N4O2/c1-8(2)14-12(17)15-10(11(13)16-18)9-6-4-3-5-7-9/h8-10,18H,3-7H2,1-2H3,(H2,13,16)(H2,14,15,17). The van der Waals surface area contributed by atoms with Gasteiger partial charge < -0.3 is 21.6 Å². The molecular formula is C12H24N4O2. The van der Waals surface area contributed by atoms with Gasteiger partial charge in [0.2, 0.25) is 0 Å². The first-order chi connectivity index (χ1) is 8.54. The van der Waals surface area contributed by atoms with Crippen LogP contribution in [0.1, 0.15) is 46.0 Å². The molecule has 0 aliphatic heterocycles. The highest BCUT2D eigenvalue weighted by molar-refractivity contribution is 5.89. The van der Waals surface area contributed by atoms with Gasteiger partial charge in [-0.15, -0.1) is 0 Å². The molecule has 1 aliphatic carbocycles. The van der Waals surface area contributed by atoms with E-state index in [-0.39, 0.29) is 29.9 Å². The predicted octanol–water partition coefficient (Wildman–Crippen LogP) is 1.39. The van der Waals surface area contributed by atoms with Crippen LogP contribution in [0.3, 0.4) is 0 Å². The summed E-state index contributed by atoms with van der Waals surface area (Å²) in [7, 11) is 0. The van der Waals surface area contributed by atoms with E-state index in [0.29, 0.717) is 0 Å². The molecule has 0 spiro atoms. The van der Waals surface area contributed by atoms with Gasteiger partial charge in [0.15, 0.2) is 5.84 Å². The molecule has 0 radical (unpaired) electrons. The van der Waals surface area contributed by atoms with Crippen LogP contribution in [0.2, 0.25) is 0 Å². The lowest BCUT2D eigenvalue weighted by molar-refractivity contribution is 0.228. The van der Waals surface area contributed by atoms with Crippen molar-refractivity contribution in [2.45, 2.75) is 58.0 Å². The number of amides is 2. The summed E-state index contributed by atoms with van der Waals surface area (Å²) in [5, 5.41) is 17.4. The van der Waals surface area contributed by atoms with E-state index in [2.05, 4.69) is 15.8 Å². The quantitative estimate of drug-likeness (QED) is 0.265. The number of carbonyl (C=O) groups excluding carboxylic acids is 1. The van der Waals surface area contributed by atoms with E-state index in [1.807, 2.05) is 13.8 Å². The summed E-state index contributed by atoms with van der Waals surface area (Å²) in [6.07, 6.45) is 5.49. The van der Waals surface area contributed by atoms with Crippen molar-refractivity contribution >= 4 is 11.9 Å². The van der Waals surface area contributed by atoms with Crippen molar-refractivity contribution in [1.29, 1.82) is 0 Å². The molecule has 0 bridgehead atoms. The molecule has 6 nitrogen and oxygen atoms in total. The number of nitrogens with one attached hydrogen (secondary N) is 2. The number of carbonyl (C=O) groups is 1. The Bertz CT molecular complexity index is 298. The summed E-state index contributed by atoms with van der Waals surface area (Å²) in [5.41, 5.74) is 5.68. The SMILES string of the molecule is CC(C)NC(=O)NC(/C(N)=N/O)C1CCCCC1. The van der Waals surface area contributed by atoms with Crippen LogP contribution in [0.4, 0.5) is 4.79 Å². The molecule has 18 heavy (non-hydrogen) atoms. The number of amidine groups is 1. The molecule has 5 N–H and O–H groups in total. The lowest BCUT2D eigenvalue weighted by atomic mass is 9.83. The topological polar surface area (TPSA) is 99.7 Å². The van der Waals surface area contributed by atoms with E-state index < -0.39 is 0 Å². The summed E-state index contributed by atoms with van der Waals surface area (Å²) in [6, 6.07) is -0.592. The smallest absolute Gasteiger partial charge is 0.315 e. The van der Waals surface area contributed by atoms with Gasteiger partial charge in [-0.1, -0.05) is 24.4 Å². The highest BCUT2D eigenvalue weighted by atomic mass is 16.4. The predicted molar refractivity (Wildman–Crippen MR) is 70.6 cm³/mol. The lowest BCUT2D eigenvalue weighted by Crippen LogP contribution is -2.53. The summed E-state index contributed by atoms with van der Waals surface area (Å²) in [5.74, 6) is 0.341. The van der Waals surface area contributed by atoms with Crippen LogP contribution in [-0.2, 0) is 0 Å². The summed E-state index contributed by atoms with van der Waals surface area (Å²) < 4.78 is 0. The maximum atomic E-state index is 11.7. The molecule has 1 fully saturated rings. The highest BCUT2D eigenvalue weighted by Crippen LogP contribution is 2.26. The third-order valence-corrected chi connectivity index (χ3v) is 3.26. The fraction of sp³-hybridized carbons (Fsp3) is 0.833. The van der Waals surface area contributed by atoms with Crippen molar-refractivity contribution in [1.82, 2.24) is 10.6 Å². The van der Waals surface area contributed by atoms with Crippen molar-refractivity contribution in [2.24, 2.45) is 16.8 Å². The van der Waals surface area contributed by atoms with Gasteiger partial charge in [-0.05, 0) is 32.6 Å². The van der Waals surface area contributed by atoms with Gasteiger partial charge in [0.25, 0.3) is 0 Å². The van der Waals surface area contributed by atoms with Crippen molar-refractivity contribution < 1.29 is 10.0 Å². The molecule has 0 saturated heterocycles. The minimum absolute atomic E-state index is 0.0595. The summed E-state index contributed by atoms with van der Waals surface area (Å²) in [4.78, 5) is 11.7. The average Bonchev–Trinajstić information content (AvgIpc) is 2.35. The largest absolute Gasteiger partial charge is 0.409 e. The van der Waals surface area contributed by atoms with Gasteiger partial charge in [-0.25, -0.2) is 4.79 Å². The number of hydrogen-bond donors (Lipinski definition) is 4. The Morgan fingerprint density at radius 1 is 1.28 bits per heavy atom. The first-order valence-electron chi connectivity index (χ1n) is 6.59. The van der Waals surface area contributed by atoms with Gasteiger partial charge >= 0.3 is 6.03 Å². The van der Waals surface area contributed by atoms with Crippen LogP contribution in [0.15, 0.2) is 5.16 Å². The zero-order valence-electron chi connectivity index (χ0n) is 11.1. The first-order valence-corrected chi connectivity index (χ1v) is 6.59. The molecular weight excluding hydrogens is 232 g/mol. The van der Waals surface area contributed by atoms with Gasteiger partial charge in [-0.2, -0.15) is 0 Å². The average molecular weight is 256 g/mol. The van der Waals surface area contributed by atoms with E-state index in [9.17, 15) is 4.79 Å². The summed E-state index contributed by atoms with van der Waals surface area (Å²) >= 11 is 0. The Morgan fingerprint density at radius 2 is 1.89 bits per heavy atom. The molecule has 0 heterocycles. The van der Waals surface area contributed by atoms with Crippen molar-refractivity contribution in [3.63, 3.8) is 0 Å². The van der Waals surface area contributed by atoms with Gasteiger partial charge in [0.05, 0.1) is 6.04 Å². The fourth-order valence-electron chi connectivity index (χ4n) is 2.41. The van der Waals surface area contributed by atoms with Crippen molar-refractivity contribution in [3.8, 4) is 0 Å². The number of urea groups is 1. The van der Waals surface area contributed by atoms with Gasteiger partial charge in [0, 0.05) is 6.04 Å².